The monoisotopic (exact) mass is 235 g/mol. The summed E-state index contributed by atoms with van der Waals surface area (Å²) in [4.78, 5) is 10.6. The van der Waals surface area contributed by atoms with E-state index in [1.165, 1.54) is 16.7 Å². The van der Waals surface area contributed by atoms with Gasteiger partial charge in [-0.25, -0.2) is 0 Å². The molecule has 0 aliphatic carbocycles. The SMILES string of the molecule is CCc1ccc(CC[C@@H](N)C(=O)O)cc1CC. The Morgan fingerprint density at radius 3 is 2.47 bits per heavy atom. The van der Waals surface area contributed by atoms with E-state index in [1.807, 2.05) is 0 Å². The Kier molecular flexibility index (Phi) is 5.16. The zero-order chi connectivity index (χ0) is 12.8. The maximum Gasteiger partial charge on any atom is 0.320 e. The molecule has 0 amide bonds. The minimum Gasteiger partial charge on any atom is -0.480 e. The van der Waals surface area contributed by atoms with Crippen molar-refractivity contribution in [3.63, 3.8) is 0 Å². The van der Waals surface area contributed by atoms with Crippen molar-refractivity contribution in [2.75, 3.05) is 0 Å². The van der Waals surface area contributed by atoms with Crippen molar-refractivity contribution in [3.8, 4) is 0 Å². The highest BCUT2D eigenvalue weighted by Crippen LogP contribution is 2.15. The molecule has 0 aliphatic rings. The molecule has 17 heavy (non-hydrogen) atoms. The summed E-state index contributed by atoms with van der Waals surface area (Å²) in [7, 11) is 0. The highest BCUT2D eigenvalue weighted by Gasteiger charge is 2.11. The van der Waals surface area contributed by atoms with Crippen LogP contribution in [-0.4, -0.2) is 17.1 Å². The average molecular weight is 235 g/mol. The van der Waals surface area contributed by atoms with Gasteiger partial charge in [0.2, 0.25) is 0 Å². The van der Waals surface area contributed by atoms with E-state index in [0.717, 1.165) is 19.3 Å². The van der Waals surface area contributed by atoms with Crippen LogP contribution >= 0.6 is 0 Å². The number of aliphatic carboxylic acids is 1. The largest absolute Gasteiger partial charge is 0.480 e. The first-order chi connectivity index (χ1) is 8.08. The van der Waals surface area contributed by atoms with Crippen molar-refractivity contribution in [2.24, 2.45) is 5.73 Å². The topological polar surface area (TPSA) is 63.3 Å². The molecule has 0 saturated heterocycles. The quantitative estimate of drug-likeness (QED) is 0.794. The third-order valence-electron chi connectivity index (χ3n) is 3.09. The summed E-state index contributed by atoms with van der Waals surface area (Å²) < 4.78 is 0. The number of carboxylic acids is 1. The number of benzene rings is 1. The van der Waals surface area contributed by atoms with Gasteiger partial charge in [-0.2, -0.15) is 0 Å². The van der Waals surface area contributed by atoms with E-state index in [-0.39, 0.29) is 0 Å². The zero-order valence-corrected chi connectivity index (χ0v) is 10.6. The fourth-order valence-electron chi connectivity index (χ4n) is 1.95. The molecule has 3 heteroatoms. The minimum absolute atomic E-state index is 0.490. The van der Waals surface area contributed by atoms with Crippen LogP contribution < -0.4 is 5.73 Å². The third-order valence-corrected chi connectivity index (χ3v) is 3.09. The second kappa shape index (κ2) is 6.40. The van der Waals surface area contributed by atoms with E-state index in [2.05, 4.69) is 32.0 Å². The summed E-state index contributed by atoms with van der Waals surface area (Å²) in [6, 6.07) is 5.63. The molecule has 0 aliphatic heterocycles. The Morgan fingerprint density at radius 2 is 1.94 bits per heavy atom. The second-order valence-corrected chi connectivity index (χ2v) is 4.29. The average Bonchev–Trinajstić information content (AvgIpc) is 2.35. The fourth-order valence-corrected chi connectivity index (χ4v) is 1.95. The van der Waals surface area contributed by atoms with Crippen LogP contribution in [0, 0.1) is 0 Å². The molecule has 3 nitrogen and oxygen atoms in total. The van der Waals surface area contributed by atoms with Gasteiger partial charge in [-0.15, -0.1) is 0 Å². The van der Waals surface area contributed by atoms with Crippen LogP contribution in [-0.2, 0) is 24.1 Å². The zero-order valence-electron chi connectivity index (χ0n) is 10.6. The van der Waals surface area contributed by atoms with Gasteiger partial charge in [0.1, 0.15) is 6.04 Å². The number of carbonyl (C=O) groups is 1. The van der Waals surface area contributed by atoms with Gasteiger partial charge in [0, 0.05) is 0 Å². The van der Waals surface area contributed by atoms with Crippen molar-refractivity contribution in [1.29, 1.82) is 0 Å². The Labute approximate surface area is 103 Å². The maximum absolute atomic E-state index is 10.6. The molecule has 0 unspecified atom stereocenters. The second-order valence-electron chi connectivity index (χ2n) is 4.29. The summed E-state index contributed by atoms with van der Waals surface area (Å²) in [5, 5.41) is 8.72. The lowest BCUT2D eigenvalue weighted by Crippen LogP contribution is -2.30. The molecule has 1 aromatic rings. The van der Waals surface area contributed by atoms with Crippen molar-refractivity contribution in [1.82, 2.24) is 0 Å². The number of hydrogen-bond acceptors (Lipinski definition) is 2. The van der Waals surface area contributed by atoms with Gasteiger partial charge in [0.15, 0.2) is 0 Å². The van der Waals surface area contributed by atoms with E-state index < -0.39 is 12.0 Å². The summed E-state index contributed by atoms with van der Waals surface area (Å²) in [5.74, 6) is -0.925. The molecule has 0 saturated carbocycles. The van der Waals surface area contributed by atoms with Gasteiger partial charge in [-0.05, 0) is 42.4 Å². The molecule has 1 aromatic carbocycles. The molecule has 3 N–H and O–H groups in total. The summed E-state index contributed by atoms with van der Waals surface area (Å²) in [5.41, 5.74) is 9.40. The van der Waals surface area contributed by atoms with Crippen LogP contribution in [0.3, 0.4) is 0 Å². The molecule has 0 aromatic heterocycles. The van der Waals surface area contributed by atoms with Crippen LogP contribution in [0.2, 0.25) is 0 Å². The van der Waals surface area contributed by atoms with Crippen molar-refractivity contribution in [3.05, 3.63) is 34.9 Å². The Balaban J connectivity index is 2.69. The first-order valence-corrected chi connectivity index (χ1v) is 6.17. The Morgan fingerprint density at radius 1 is 1.29 bits per heavy atom. The fraction of sp³-hybridized carbons (Fsp3) is 0.500. The Bertz CT molecular complexity index is 388. The van der Waals surface area contributed by atoms with Gasteiger partial charge < -0.3 is 10.8 Å². The molecule has 0 bridgehead atoms. The molecule has 0 fully saturated rings. The lowest BCUT2D eigenvalue weighted by Gasteiger charge is -2.10. The summed E-state index contributed by atoms with van der Waals surface area (Å²) in [6.07, 6.45) is 3.27. The van der Waals surface area contributed by atoms with E-state index in [0.29, 0.717) is 6.42 Å². The highest BCUT2D eigenvalue weighted by atomic mass is 16.4. The highest BCUT2D eigenvalue weighted by molar-refractivity contribution is 5.73. The number of rotatable bonds is 6. The van der Waals surface area contributed by atoms with Gasteiger partial charge in [0.25, 0.3) is 0 Å². The number of hydrogen-bond donors (Lipinski definition) is 2. The van der Waals surface area contributed by atoms with E-state index in [9.17, 15) is 4.79 Å². The molecule has 0 spiro atoms. The molecule has 1 rings (SSSR count). The smallest absolute Gasteiger partial charge is 0.320 e. The van der Waals surface area contributed by atoms with E-state index >= 15 is 0 Å². The predicted octanol–water partition coefficient (Wildman–Crippen LogP) is 2.16. The summed E-state index contributed by atoms with van der Waals surface area (Å²) in [6.45, 7) is 4.29. The van der Waals surface area contributed by atoms with Crippen molar-refractivity contribution in [2.45, 2.75) is 45.6 Å². The third kappa shape index (κ3) is 3.86. The molecular weight excluding hydrogens is 214 g/mol. The molecule has 94 valence electrons. The normalized spacial score (nSPS) is 12.4. The van der Waals surface area contributed by atoms with E-state index in [4.69, 9.17) is 10.8 Å². The first-order valence-electron chi connectivity index (χ1n) is 6.17. The lowest BCUT2D eigenvalue weighted by molar-refractivity contribution is -0.138. The predicted molar refractivity (Wildman–Crippen MR) is 69.1 cm³/mol. The van der Waals surface area contributed by atoms with Crippen molar-refractivity contribution >= 4 is 5.97 Å². The van der Waals surface area contributed by atoms with Crippen LogP contribution in [0.15, 0.2) is 18.2 Å². The van der Waals surface area contributed by atoms with Gasteiger partial charge in [0.05, 0.1) is 0 Å². The molecule has 1 atom stereocenters. The molecule has 0 heterocycles. The van der Waals surface area contributed by atoms with Crippen LogP contribution in [0.4, 0.5) is 0 Å². The van der Waals surface area contributed by atoms with Gasteiger partial charge >= 0.3 is 5.97 Å². The van der Waals surface area contributed by atoms with E-state index in [1.54, 1.807) is 0 Å². The maximum atomic E-state index is 10.6. The summed E-state index contributed by atoms with van der Waals surface area (Å²) >= 11 is 0. The van der Waals surface area contributed by atoms with Crippen LogP contribution in [0.5, 0.6) is 0 Å². The van der Waals surface area contributed by atoms with Gasteiger partial charge in [-0.1, -0.05) is 32.0 Å². The molecule has 0 radical (unpaired) electrons. The first kappa shape index (κ1) is 13.7. The molecular formula is C14H21NO2. The minimum atomic E-state index is -0.925. The number of aryl methyl sites for hydroxylation is 3. The van der Waals surface area contributed by atoms with Gasteiger partial charge in [-0.3, -0.25) is 4.79 Å². The lowest BCUT2D eigenvalue weighted by atomic mass is 9.97. The van der Waals surface area contributed by atoms with Crippen LogP contribution in [0.1, 0.15) is 37.0 Å². The number of carboxylic acid groups (broad SMARTS) is 1. The van der Waals surface area contributed by atoms with Crippen molar-refractivity contribution < 1.29 is 9.90 Å². The Hall–Kier alpha value is -1.35. The van der Waals surface area contributed by atoms with Crippen LogP contribution in [0.25, 0.3) is 0 Å². The number of nitrogens with two attached hydrogens (primary N) is 1. The standard InChI is InChI=1S/C14H21NO2/c1-3-11-7-5-10(9-12(11)4-2)6-8-13(15)14(16)17/h5,7,9,13H,3-4,6,8,15H2,1-2H3,(H,16,17)/t13-/m1/s1.